The number of rotatable bonds is 7. The number of nitrogens with one attached hydrogen (secondary N) is 1. The summed E-state index contributed by atoms with van der Waals surface area (Å²) in [7, 11) is -4.02. The van der Waals surface area contributed by atoms with Crippen LogP contribution < -0.4 is 4.72 Å². The minimum Gasteiger partial charge on any atom is -0.303 e. The summed E-state index contributed by atoms with van der Waals surface area (Å²) in [6, 6.07) is 1.46. The van der Waals surface area contributed by atoms with Crippen LogP contribution in [0.25, 0.3) is 0 Å². The Hall–Kier alpha value is -0.570. The fourth-order valence-corrected chi connectivity index (χ4v) is 3.92. The average Bonchev–Trinajstić information content (AvgIpc) is 2.32. The third-order valence-electron chi connectivity index (χ3n) is 2.85. The fourth-order valence-electron chi connectivity index (χ4n) is 1.74. The smallest absolute Gasteiger partial charge is 0.244 e. The summed E-state index contributed by atoms with van der Waals surface area (Å²) in [6.07, 6.45) is 0. The molecule has 0 fully saturated rings. The number of hydrogen-bond acceptors (Lipinski definition) is 3. The summed E-state index contributed by atoms with van der Waals surface area (Å²) < 4.78 is 52.8. The topological polar surface area (TPSA) is 49.4 Å². The lowest BCUT2D eigenvalue weighted by Crippen LogP contribution is -2.35. The summed E-state index contributed by atoms with van der Waals surface area (Å²) in [5.41, 5.74) is 0. The lowest BCUT2D eigenvalue weighted by Gasteiger charge is -2.18. The molecule has 4 nitrogen and oxygen atoms in total. The largest absolute Gasteiger partial charge is 0.303 e. The predicted octanol–water partition coefficient (Wildman–Crippen LogP) is 2.35. The van der Waals surface area contributed by atoms with E-state index in [-0.39, 0.29) is 11.0 Å². The van der Waals surface area contributed by atoms with Crippen LogP contribution in [-0.2, 0) is 10.0 Å². The van der Waals surface area contributed by atoms with Gasteiger partial charge in [0.25, 0.3) is 0 Å². The molecule has 114 valence electrons. The molecule has 0 radical (unpaired) electrons. The van der Waals surface area contributed by atoms with Crippen LogP contribution in [0.1, 0.15) is 13.8 Å². The van der Waals surface area contributed by atoms with Gasteiger partial charge in [-0.3, -0.25) is 0 Å². The van der Waals surface area contributed by atoms with Crippen LogP contribution in [0.15, 0.2) is 21.5 Å². The quantitative estimate of drug-likeness (QED) is 0.801. The second kappa shape index (κ2) is 7.44. The molecule has 0 aliphatic carbocycles. The molecule has 0 saturated heterocycles. The van der Waals surface area contributed by atoms with Crippen molar-refractivity contribution in [2.24, 2.45) is 0 Å². The molecule has 0 aromatic heterocycles. The molecule has 0 atom stereocenters. The molecule has 0 spiro atoms. The molecule has 1 aromatic carbocycles. The molecule has 0 heterocycles. The van der Waals surface area contributed by atoms with Crippen molar-refractivity contribution in [3.05, 3.63) is 28.2 Å². The Bertz CT molecular complexity index is 540. The van der Waals surface area contributed by atoms with Crippen LogP contribution in [0.2, 0.25) is 0 Å². The number of nitrogens with zero attached hydrogens (tertiary/aromatic N) is 1. The zero-order chi connectivity index (χ0) is 15.3. The molecule has 20 heavy (non-hydrogen) atoms. The molecule has 0 aliphatic rings. The van der Waals surface area contributed by atoms with Gasteiger partial charge in [0.2, 0.25) is 10.0 Å². The molecule has 0 bridgehead atoms. The van der Waals surface area contributed by atoms with Crippen molar-refractivity contribution in [3.63, 3.8) is 0 Å². The summed E-state index contributed by atoms with van der Waals surface area (Å²) in [6.45, 7) is 6.21. The second-order valence-corrected chi connectivity index (χ2v) is 6.68. The molecule has 1 aromatic rings. The molecule has 0 saturated carbocycles. The van der Waals surface area contributed by atoms with Crippen molar-refractivity contribution in [1.82, 2.24) is 9.62 Å². The van der Waals surface area contributed by atoms with Gasteiger partial charge in [0.1, 0.15) is 16.5 Å². The van der Waals surface area contributed by atoms with Gasteiger partial charge in [-0.15, -0.1) is 0 Å². The van der Waals surface area contributed by atoms with E-state index >= 15 is 0 Å². The van der Waals surface area contributed by atoms with E-state index in [9.17, 15) is 17.2 Å². The summed E-state index contributed by atoms with van der Waals surface area (Å²) in [4.78, 5) is 1.46. The first kappa shape index (κ1) is 17.5. The minimum absolute atomic E-state index is 0.134. The highest BCUT2D eigenvalue weighted by atomic mass is 79.9. The van der Waals surface area contributed by atoms with Crippen LogP contribution in [-0.4, -0.2) is 39.5 Å². The van der Waals surface area contributed by atoms with Gasteiger partial charge in [-0.1, -0.05) is 13.8 Å². The van der Waals surface area contributed by atoms with E-state index in [2.05, 4.69) is 20.7 Å². The Morgan fingerprint density at radius 2 is 1.85 bits per heavy atom. The maximum absolute atomic E-state index is 13.6. The van der Waals surface area contributed by atoms with Gasteiger partial charge in [-0.05, 0) is 35.1 Å². The van der Waals surface area contributed by atoms with Crippen LogP contribution in [0.5, 0.6) is 0 Å². The highest BCUT2D eigenvalue weighted by Gasteiger charge is 2.23. The first-order valence-electron chi connectivity index (χ1n) is 6.18. The predicted molar refractivity (Wildman–Crippen MR) is 77.0 cm³/mol. The third kappa shape index (κ3) is 4.47. The van der Waals surface area contributed by atoms with Gasteiger partial charge >= 0.3 is 0 Å². The van der Waals surface area contributed by atoms with E-state index in [1.54, 1.807) is 0 Å². The van der Waals surface area contributed by atoms with E-state index < -0.39 is 26.6 Å². The summed E-state index contributed by atoms with van der Waals surface area (Å²) in [5.74, 6) is -1.95. The van der Waals surface area contributed by atoms with Gasteiger partial charge in [0.15, 0.2) is 0 Å². The van der Waals surface area contributed by atoms with Crippen molar-refractivity contribution in [2.45, 2.75) is 18.7 Å². The molecular weight excluding hydrogens is 354 g/mol. The maximum atomic E-state index is 13.6. The van der Waals surface area contributed by atoms with Crippen LogP contribution in [0.3, 0.4) is 0 Å². The lowest BCUT2D eigenvalue weighted by atomic mass is 10.3. The Morgan fingerprint density at radius 3 is 2.35 bits per heavy atom. The molecule has 0 amide bonds. The Kier molecular flexibility index (Phi) is 6.50. The number of hydrogen-bond donors (Lipinski definition) is 1. The zero-order valence-corrected chi connectivity index (χ0v) is 13.7. The average molecular weight is 371 g/mol. The molecule has 1 N–H and O–H groups in total. The second-order valence-electron chi connectivity index (χ2n) is 4.12. The third-order valence-corrected chi connectivity index (χ3v) is 5.27. The van der Waals surface area contributed by atoms with Gasteiger partial charge < -0.3 is 4.90 Å². The first-order chi connectivity index (χ1) is 9.31. The van der Waals surface area contributed by atoms with Gasteiger partial charge in [0.05, 0.1) is 0 Å². The normalized spacial score (nSPS) is 12.1. The van der Waals surface area contributed by atoms with E-state index in [1.165, 1.54) is 0 Å². The molecule has 0 aliphatic heterocycles. The van der Waals surface area contributed by atoms with Crippen molar-refractivity contribution in [3.8, 4) is 0 Å². The Morgan fingerprint density at radius 1 is 1.25 bits per heavy atom. The molecule has 8 heteroatoms. The molecule has 0 unspecified atom stereocenters. The summed E-state index contributed by atoms with van der Waals surface area (Å²) >= 11 is 2.87. The van der Waals surface area contributed by atoms with Crippen molar-refractivity contribution < 1.29 is 17.2 Å². The standard InChI is InChI=1S/C12H17BrF2N2O2S/c1-3-17(4-2)6-5-16-20(18,19)12-10(13)7-9(14)8-11(12)15/h7-8,16H,3-6H2,1-2H3. The van der Waals surface area contributed by atoms with Gasteiger partial charge in [-0.25, -0.2) is 21.9 Å². The summed E-state index contributed by atoms with van der Waals surface area (Å²) in [5, 5.41) is 0. The Balaban J connectivity index is 2.85. The fraction of sp³-hybridized carbons (Fsp3) is 0.500. The number of benzene rings is 1. The van der Waals surface area contributed by atoms with E-state index in [1.807, 2.05) is 18.7 Å². The zero-order valence-electron chi connectivity index (χ0n) is 11.3. The SMILES string of the molecule is CCN(CC)CCNS(=O)(=O)c1c(F)cc(F)cc1Br. The van der Waals surface area contributed by atoms with Gasteiger partial charge in [0, 0.05) is 23.6 Å². The number of halogens is 3. The van der Waals surface area contributed by atoms with Crippen molar-refractivity contribution in [1.29, 1.82) is 0 Å². The Labute approximate surface area is 126 Å². The van der Waals surface area contributed by atoms with E-state index in [0.29, 0.717) is 12.6 Å². The molecule has 1 rings (SSSR count). The highest BCUT2D eigenvalue weighted by molar-refractivity contribution is 9.10. The van der Waals surface area contributed by atoms with Crippen LogP contribution >= 0.6 is 15.9 Å². The van der Waals surface area contributed by atoms with Crippen molar-refractivity contribution >= 4 is 26.0 Å². The number of likely N-dealkylation sites (N-methyl/N-ethyl adjacent to an activating group) is 1. The van der Waals surface area contributed by atoms with E-state index in [4.69, 9.17) is 0 Å². The van der Waals surface area contributed by atoms with Crippen molar-refractivity contribution in [2.75, 3.05) is 26.2 Å². The van der Waals surface area contributed by atoms with Crippen LogP contribution in [0, 0.1) is 11.6 Å². The van der Waals surface area contributed by atoms with E-state index in [0.717, 1.165) is 19.2 Å². The number of sulfonamides is 1. The maximum Gasteiger partial charge on any atom is 0.244 e. The van der Waals surface area contributed by atoms with Gasteiger partial charge in [-0.2, -0.15) is 0 Å². The minimum atomic E-state index is -4.02. The van der Waals surface area contributed by atoms with Crippen LogP contribution in [0.4, 0.5) is 8.78 Å². The molecular formula is C12H17BrF2N2O2S. The lowest BCUT2D eigenvalue weighted by molar-refractivity contribution is 0.309. The highest BCUT2D eigenvalue weighted by Crippen LogP contribution is 2.25. The monoisotopic (exact) mass is 370 g/mol. The first-order valence-corrected chi connectivity index (χ1v) is 8.46.